The Bertz CT molecular complexity index is 1330. The molecule has 2 amide bonds. The number of ketones is 2. The summed E-state index contributed by atoms with van der Waals surface area (Å²) in [4.78, 5) is 48.4. The van der Waals surface area contributed by atoms with E-state index >= 15 is 0 Å². The van der Waals surface area contributed by atoms with E-state index in [0.717, 1.165) is 0 Å². The van der Waals surface area contributed by atoms with Crippen LogP contribution in [0.15, 0.2) is 48.6 Å². The van der Waals surface area contributed by atoms with Crippen molar-refractivity contribution in [2.75, 3.05) is 40.5 Å². The molecule has 256 valence electrons. The van der Waals surface area contributed by atoms with Gasteiger partial charge in [-0.15, -0.1) is 0 Å². The summed E-state index contributed by atoms with van der Waals surface area (Å²) in [6.45, 7) is 11.5. The Kier molecular flexibility index (Phi) is 14.8. The second-order valence-electron chi connectivity index (χ2n) is 12.2. The van der Waals surface area contributed by atoms with Crippen LogP contribution in [-0.2, 0) is 19.1 Å². The minimum atomic E-state index is -0.589. The molecule has 0 aliphatic heterocycles. The number of nitrogens with one attached hydrogen (secondary N) is 2. The number of allylic oxidation sites excluding steroid dienone is 2. The lowest BCUT2D eigenvalue weighted by Crippen LogP contribution is -2.34. The van der Waals surface area contributed by atoms with E-state index in [1.807, 2.05) is 0 Å². The number of methoxy groups -OCH3 is 2. The maximum absolute atomic E-state index is 12.4. The van der Waals surface area contributed by atoms with Gasteiger partial charge in [-0.05, 0) is 89.1 Å². The van der Waals surface area contributed by atoms with Gasteiger partial charge >= 0.3 is 12.2 Å². The number of hydrogen-bond donors (Lipinski definition) is 2. The van der Waals surface area contributed by atoms with Crippen LogP contribution in [-0.4, -0.2) is 75.5 Å². The smallest absolute Gasteiger partial charge is 0.407 e. The van der Waals surface area contributed by atoms with Crippen LogP contribution < -0.4 is 29.6 Å². The van der Waals surface area contributed by atoms with E-state index in [1.165, 1.54) is 26.4 Å². The Labute approximate surface area is 276 Å². The number of carbonyl (C=O) groups excluding carboxylic acids is 4. The Balaban J connectivity index is 1.85. The summed E-state index contributed by atoms with van der Waals surface area (Å²) in [5.41, 5.74) is 0.169. The first-order chi connectivity index (χ1) is 22.1. The summed E-state index contributed by atoms with van der Waals surface area (Å²) in [5, 5.41) is 5.23. The van der Waals surface area contributed by atoms with E-state index in [2.05, 4.69) is 10.6 Å². The summed E-state index contributed by atoms with van der Waals surface area (Å²) in [6, 6.07) is 10.2. The van der Waals surface area contributed by atoms with Crippen LogP contribution in [0.2, 0.25) is 0 Å². The fourth-order valence-electron chi connectivity index (χ4n) is 3.74. The highest BCUT2D eigenvalue weighted by molar-refractivity contribution is 6.10. The third-order valence-electron chi connectivity index (χ3n) is 5.70. The third kappa shape index (κ3) is 15.7. The van der Waals surface area contributed by atoms with Crippen molar-refractivity contribution in [1.29, 1.82) is 0 Å². The molecule has 2 aromatic rings. The monoisotopic (exact) mass is 654 g/mol. The molecule has 0 saturated heterocycles. The standard InChI is InChI=1S/C35H46N2O10/c1-34(2,3)46-32(40)36-17-19-44-28-15-11-24(21-30(28)42-7)9-13-26(38)23-27(39)14-10-25-12-16-29(31(22-25)43-8)45-20-18-37-33(41)47-35(4,5)6/h9-16,21-22H,17-20,23H2,1-8H3,(H,36,40)(H,37,41). The zero-order valence-corrected chi connectivity index (χ0v) is 28.4. The fraction of sp³-hybridized carbons (Fsp3) is 0.429. The van der Waals surface area contributed by atoms with E-state index in [0.29, 0.717) is 34.1 Å². The van der Waals surface area contributed by atoms with Gasteiger partial charge in [0.05, 0.1) is 33.7 Å². The van der Waals surface area contributed by atoms with Gasteiger partial charge in [0.25, 0.3) is 0 Å². The third-order valence-corrected chi connectivity index (χ3v) is 5.70. The molecule has 2 aromatic carbocycles. The minimum absolute atomic E-state index is 0.193. The topological polar surface area (TPSA) is 148 Å². The summed E-state index contributed by atoms with van der Waals surface area (Å²) < 4.78 is 32.5. The number of ether oxygens (including phenoxy) is 6. The van der Waals surface area contributed by atoms with Crippen LogP contribution >= 0.6 is 0 Å². The zero-order valence-electron chi connectivity index (χ0n) is 28.4. The lowest BCUT2D eigenvalue weighted by Gasteiger charge is -2.19. The van der Waals surface area contributed by atoms with Crippen LogP contribution in [0.3, 0.4) is 0 Å². The van der Waals surface area contributed by atoms with Crippen LogP contribution in [0.4, 0.5) is 9.59 Å². The van der Waals surface area contributed by atoms with Gasteiger partial charge in [-0.2, -0.15) is 0 Å². The van der Waals surface area contributed by atoms with E-state index in [9.17, 15) is 19.2 Å². The van der Waals surface area contributed by atoms with Crippen molar-refractivity contribution in [3.63, 3.8) is 0 Å². The number of benzene rings is 2. The van der Waals surface area contributed by atoms with Crippen LogP contribution in [0, 0.1) is 0 Å². The van der Waals surface area contributed by atoms with Crippen molar-refractivity contribution in [2.24, 2.45) is 0 Å². The first-order valence-electron chi connectivity index (χ1n) is 15.1. The average molecular weight is 655 g/mol. The fourth-order valence-corrected chi connectivity index (χ4v) is 3.74. The quantitative estimate of drug-likeness (QED) is 0.130. The minimum Gasteiger partial charge on any atom is -0.493 e. The van der Waals surface area contributed by atoms with E-state index in [-0.39, 0.29) is 44.3 Å². The summed E-state index contributed by atoms with van der Waals surface area (Å²) >= 11 is 0. The van der Waals surface area contributed by atoms with Crippen LogP contribution in [0.5, 0.6) is 23.0 Å². The normalized spacial score (nSPS) is 11.6. The van der Waals surface area contributed by atoms with E-state index < -0.39 is 23.4 Å². The van der Waals surface area contributed by atoms with Gasteiger partial charge in [-0.25, -0.2) is 9.59 Å². The summed E-state index contributed by atoms with van der Waals surface area (Å²) in [7, 11) is 2.99. The molecular formula is C35H46N2O10. The summed E-state index contributed by atoms with van der Waals surface area (Å²) in [5.74, 6) is 1.09. The van der Waals surface area contributed by atoms with Gasteiger partial charge < -0.3 is 39.1 Å². The van der Waals surface area contributed by atoms with Gasteiger partial charge in [-0.3, -0.25) is 9.59 Å². The number of carbonyl (C=O) groups is 4. The van der Waals surface area contributed by atoms with Crippen molar-refractivity contribution < 1.29 is 47.6 Å². The predicted molar refractivity (Wildman–Crippen MR) is 178 cm³/mol. The van der Waals surface area contributed by atoms with Gasteiger partial charge in [0.15, 0.2) is 34.6 Å². The first kappa shape index (κ1) is 38.2. The highest BCUT2D eigenvalue weighted by Gasteiger charge is 2.17. The molecule has 0 aliphatic carbocycles. The molecule has 12 nitrogen and oxygen atoms in total. The highest BCUT2D eigenvalue weighted by atomic mass is 16.6. The largest absolute Gasteiger partial charge is 0.493 e. The number of hydrogen-bond acceptors (Lipinski definition) is 10. The molecule has 2 N–H and O–H groups in total. The zero-order chi connectivity index (χ0) is 35.0. The molecule has 47 heavy (non-hydrogen) atoms. The molecule has 0 bridgehead atoms. The second kappa shape index (κ2) is 18.2. The summed E-state index contributed by atoms with van der Waals surface area (Å²) in [6.07, 6.45) is 4.47. The SMILES string of the molecule is COc1cc(C=CC(=O)CC(=O)C=Cc2ccc(OCCNC(=O)OC(C)(C)C)c(OC)c2)ccc1OCCNC(=O)OC(C)(C)C. The molecule has 0 radical (unpaired) electrons. The van der Waals surface area contributed by atoms with Crippen molar-refractivity contribution in [3.8, 4) is 23.0 Å². The Morgan fingerprint density at radius 2 is 1.00 bits per heavy atom. The number of amides is 2. The molecule has 0 spiro atoms. The van der Waals surface area contributed by atoms with Gasteiger partial charge in [0.2, 0.25) is 0 Å². The Morgan fingerprint density at radius 1 is 0.617 bits per heavy atom. The molecule has 0 aliphatic rings. The molecule has 0 heterocycles. The Morgan fingerprint density at radius 3 is 1.34 bits per heavy atom. The molecule has 0 aromatic heterocycles. The maximum Gasteiger partial charge on any atom is 0.407 e. The van der Waals surface area contributed by atoms with E-state index in [4.69, 9.17) is 28.4 Å². The van der Waals surface area contributed by atoms with E-state index in [1.54, 1.807) is 90.1 Å². The van der Waals surface area contributed by atoms with Crippen LogP contribution in [0.1, 0.15) is 59.1 Å². The number of rotatable bonds is 16. The average Bonchev–Trinajstić information content (AvgIpc) is 2.98. The first-order valence-corrected chi connectivity index (χ1v) is 15.1. The molecule has 0 fully saturated rings. The maximum atomic E-state index is 12.4. The molecular weight excluding hydrogens is 608 g/mol. The van der Waals surface area contributed by atoms with Crippen molar-refractivity contribution in [2.45, 2.75) is 59.2 Å². The van der Waals surface area contributed by atoms with Crippen LogP contribution in [0.25, 0.3) is 12.2 Å². The van der Waals surface area contributed by atoms with Gasteiger partial charge in [0, 0.05) is 0 Å². The lowest BCUT2D eigenvalue weighted by molar-refractivity contribution is -0.121. The van der Waals surface area contributed by atoms with Crippen molar-refractivity contribution in [3.05, 3.63) is 59.7 Å². The van der Waals surface area contributed by atoms with Gasteiger partial charge in [-0.1, -0.05) is 24.3 Å². The highest BCUT2D eigenvalue weighted by Crippen LogP contribution is 2.29. The molecule has 0 atom stereocenters. The number of alkyl carbamates (subject to hydrolysis) is 2. The lowest BCUT2D eigenvalue weighted by atomic mass is 10.1. The second-order valence-corrected chi connectivity index (χ2v) is 12.2. The molecule has 12 heteroatoms. The van der Waals surface area contributed by atoms with Gasteiger partial charge in [0.1, 0.15) is 24.4 Å². The molecule has 0 saturated carbocycles. The molecule has 0 unspecified atom stereocenters. The Hall–Kier alpha value is -5.00. The van der Waals surface area contributed by atoms with Crippen molar-refractivity contribution in [1.82, 2.24) is 10.6 Å². The molecule has 2 rings (SSSR count). The predicted octanol–water partition coefficient (Wildman–Crippen LogP) is 5.77. The van der Waals surface area contributed by atoms with Crippen molar-refractivity contribution >= 4 is 35.9 Å².